The van der Waals surface area contributed by atoms with Crippen LogP contribution in [0.5, 0.6) is 0 Å². The molecule has 1 N–H and O–H groups in total. The standard InChI is InChI=1S/C20H19F2N3O4S2/c1-20(21,22)18-7-15(12-30-18)31(28,29)25-9-14-8-24(10-17(14)23-25)19(27)16(11-26)13-5-3-2-4-6-13/h2-7,9,12,16,26H,8,10-11H2,1H3/t16-/m1/s1. The summed E-state index contributed by atoms with van der Waals surface area (Å²) in [5.74, 6) is -4.14. The molecule has 31 heavy (non-hydrogen) atoms. The highest BCUT2D eigenvalue weighted by Gasteiger charge is 2.34. The highest BCUT2D eigenvalue weighted by atomic mass is 32.2. The predicted molar refractivity (Wildman–Crippen MR) is 109 cm³/mol. The van der Waals surface area contributed by atoms with Gasteiger partial charge in [-0.2, -0.15) is 17.6 Å². The maximum atomic E-state index is 13.5. The number of halogens is 2. The first-order valence-corrected chi connectivity index (χ1v) is 11.7. The molecule has 0 saturated carbocycles. The Bertz CT molecular complexity index is 1190. The second kappa shape index (κ2) is 7.81. The molecule has 0 bridgehead atoms. The van der Waals surface area contributed by atoms with Crippen LogP contribution in [0.1, 0.15) is 34.5 Å². The predicted octanol–water partition coefficient (Wildman–Crippen LogP) is 2.91. The molecule has 0 unspecified atom stereocenters. The first-order chi connectivity index (χ1) is 14.6. The number of carbonyl (C=O) groups excluding carboxylic acids is 1. The van der Waals surface area contributed by atoms with Crippen molar-refractivity contribution in [1.82, 2.24) is 14.1 Å². The summed E-state index contributed by atoms with van der Waals surface area (Å²) >= 11 is 0.670. The summed E-state index contributed by atoms with van der Waals surface area (Å²) in [6.45, 7) is 0.600. The molecule has 3 aromatic rings. The first-order valence-electron chi connectivity index (χ1n) is 9.35. The lowest BCUT2D eigenvalue weighted by molar-refractivity contribution is -0.134. The zero-order valence-electron chi connectivity index (χ0n) is 16.4. The van der Waals surface area contributed by atoms with Gasteiger partial charge >= 0.3 is 0 Å². The van der Waals surface area contributed by atoms with Gasteiger partial charge in [0, 0.05) is 30.6 Å². The van der Waals surface area contributed by atoms with Gasteiger partial charge in [0.25, 0.3) is 15.9 Å². The van der Waals surface area contributed by atoms with Crippen LogP contribution in [-0.4, -0.2) is 40.1 Å². The SMILES string of the molecule is CC(F)(F)c1cc(S(=O)(=O)n2cc3c(n2)CN(C(=O)[C@H](CO)c2ccccc2)C3)cs1. The van der Waals surface area contributed by atoms with E-state index in [1.807, 2.05) is 6.07 Å². The number of hydrogen-bond acceptors (Lipinski definition) is 6. The summed E-state index contributed by atoms with van der Waals surface area (Å²) in [7, 11) is -4.12. The summed E-state index contributed by atoms with van der Waals surface area (Å²) in [5, 5.41) is 15.0. The molecule has 11 heteroatoms. The summed E-state index contributed by atoms with van der Waals surface area (Å²) in [4.78, 5) is 13.8. The van der Waals surface area contributed by atoms with E-state index in [4.69, 9.17) is 0 Å². The molecule has 1 amide bonds. The Morgan fingerprint density at radius 2 is 2.00 bits per heavy atom. The van der Waals surface area contributed by atoms with Crippen LogP contribution in [0, 0.1) is 0 Å². The Morgan fingerprint density at radius 1 is 1.29 bits per heavy atom. The quantitative estimate of drug-likeness (QED) is 0.602. The van der Waals surface area contributed by atoms with Crippen molar-refractivity contribution in [3.8, 4) is 0 Å². The van der Waals surface area contributed by atoms with Crippen molar-refractivity contribution in [2.24, 2.45) is 0 Å². The van der Waals surface area contributed by atoms with Crippen molar-refractivity contribution in [3.63, 3.8) is 0 Å². The van der Waals surface area contributed by atoms with Crippen LogP contribution >= 0.6 is 11.3 Å². The van der Waals surface area contributed by atoms with Gasteiger partial charge in [0.1, 0.15) is 4.90 Å². The fraction of sp³-hybridized carbons (Fsp3) is 0.300. The molecule has 1 aliphatic heterocycles. The fourth-order valence-electron chi connectivity index (χ4n) is 3.43. The van der Waals surface area contributed by atoms with Crippen LogP contribution in [0.4, 0.5) is 8.78 Å². The molecule has 0 fully saturated rings. The van der Waals surface area contributed by atoms with Gasteiger partial charge in [-0.3, -0.25) is 4.79 Å². The number of rotatable bonds is 6. The van der Waals surface area contributed by atoms with Crippen molar-refractivity contribution in [1.29, 1.82) is 0 Å². The molecular formula is C20H19F2N3O4S2. The number of aromatic nitrogens is 2. The number of hydrogen-bond donors (Lipinski definition) is 1. The summed E-state index contributed by atoms with van der Waals surface area (Å²) in [6, 6.07) is 9.85. The lowest BCUT2D eigenvalue weighted by atomic mass is 9.98. The Kier molecular flexibility index (Phi) is 5.44. The van der Waals surface area contributed by atoms with E-state index < -0.39 is 21.9 Å². The van der Waals surface area contributed by atoms with Crippen LogP contribution in [0.2, 0.25) is 0 Å². The molecule has 1 aliphatic rings. The summed E-state index contributed by atoms with van der Waals surface area (Å²) in [5.41, 5.74) is 1.66. The van der Waals surface area contributed by atoms with Crippen molar-refractivity contribution in [3.05, 3.63) is 69.7 Å². The minimum absolute atomic E-state index is 0.0991. The normalized spacial score (nSPS) is 15.2. The maximum Gasteiger partial charge on any atom is 0.283 e. The molecule has 4 rings (SSSR count). The number of aliphatic hydroxyl groups excluding tert-OH is 1. The van der Waals surface area contributed by atoms with E-state index in [-0.39, 0.29) is 35.4 Å². The molecule has 0 spiro atoms. The molecule has 164 valence electrons. The third kappa shape index (κ3) is 4.00. The molecular weight excluding hydrogens is 448 g/mol. The number of fused-ring (bicyclic) bond motifs is 1. The molecule has 0 radical (unpaired) electrons. The van der Waals surface area contributed by atoms with Crippen LogP contribution in [0.3, 0.4) is 0 Å². The minimum Gasteiger partial charge on any atom is -0.395 e. The van der Waals surface area contributed by atoms with Crippen molar-refractivity contribution in [2.75, 3.05) is 6.61 Å². The summed E-state index contributed by atoms with van der Waals surface area (Å²) in [6.07, 6.45) is 1.30. The van der Waals surface area contributed by atoms with E-state index in [2.05, 4.69) is 5.10 Å². The van der Waals surface area contributed by atoms with Gasteiger partial charge in [0.2, 0.25) is 5.91 Å². The monoisotopic (exact) mass is 467 g/mol. The van der Waals surface area contributed by atoms with E-state index in [9.17, 15) is 27.1 Å². The maximum absolute atomic E-state index is 13.5. The van der Waals surface area contributed by atoms with E-state index in [0.717, 1.165) is 15.5 Å². The number of amides is 1. The van der Waals surface area contributed by atoms with Crippen molar-refractivity contribution in [2.45, 2.75) is 36.7 Å². The van der Waals surface area contributed by atoms with Gasteiger partial charge in [0.15, 0.2) is 0 Å². The number of aliphatic hydroxyl groups is 1. The van der Waals surface area contributed by atoms with Crippen molar-refractivity contribution >= 4 is 27.3 Å². The topological polar surface area (TPSA) is 92.5 Å². The molecule has 0 saturated heterocycles. The van der Waals surface area contributed by atoms with E-state index >= 15 is 0 Å². The summed E-state index contributed by atoms with van der Waals surface area (Å²) < 4.78 is 53.3. The molecule has 1 atom stereocenters. The number of thiophene rings is 1. The highest BCUT2D eigenvalue weighted by Crippen LogP contribution is 2.34. The Labute approximate surface area is 181 Å². The Hall–Kier alpha value is -2.63. The zero-order chi connectivity index (χ0) is 22.4. The minimum atomic E-state index is -4.12. The van der Waals surface area contributed by atoms with E-state index in [0.29, 0.717) is 35.1 Å². The number of benzene rings is 1. The van der Waals surface area contributed by atoms with Gasteiger partial charge in [-0.1, -0.05) is 30.3 Å². The fourth-order valence-corrected chi connectivity index (χ4v) is 5.80. The average Bonchev–Trinajstić information content (AvgIpc) is 3.43. The van der Waals surface area contributed by atoms with Gasteiger partial charge < -0.3 is 10.0 Å². The zero-order valence-corrected chi connectivity index (χ0v) is 18.0. The van der Waals surface area contributed by atoms with Crippen LogP contribution in [0.15, 0.2) is 52.9 Å². The number of nitrogens with zero attached hydrogens (tertiary/aromatic N) is 3. The first kappa shape index (κ1) is 21.6. The highest BCUT2D eigenvalue weighted by molar-refractivity contribution is 7.90. The van der Waals surface area contributed by atoms with Crippen LogP contribution < -0.4 is 0 Å². The second-order valence-electron chi connectivity index (χ2n) is 7.35. The van der Waals surface area contributed by atoms with Gasteiger partial charge in [0.05, 0.1) is 29.6 Å². The third-order valence-corrected chi connectivity index (χ3v) is 7.87. The molecule has 7 nitrogen and oxygen atoms in total. The lowest BCUT2D eigenvalue weighted by Gasteiger charge is -2.22. The molecule has 3 heterocycles. The number of carbonyl (C=O) groups is 1. The largest absolute Gasteiger partial charge is 0.395 e. The molecule has 0 aliphatic carbocycles. The molecule has 2 aromatic heterocycles. The van der Waals surface area contributed by atoms with Gasteiger partial charge in [-0.25, -0.2) is 8.78 Å². The van der Waals surface area contributed by atoms with E-state index in [1.165, 1.54) is 11.1 Å². The van der Waals surface area contributed by atoms with Gasteiger partial charge in [-0.05, 0) is 11.6 Å². The lowest BCUT2D eigenvalue weighted by Crippen LogP contribution is -2.33. The van der Waals surface area contributed by atoms with E-state index in [1.54, 1.807) is 24.3 Å². The second-order valence-corrected chi connectivity index (χ2v) is 10.1. The molecule has 1 aromatic carbocycles. The average molecular weight is 468 g/mol. The van der Waals surface area contributed by atoms with Crippen molar-refractivity contribution < 1.29 is 27.1 Å². The van der Waals surface area contributed by atoms with Crippen LogP contribution in [-0.2, 0) is 33.8 Å². The Morgan fingerprint density at radius 3 is 2.58 bits per heavy atom. The smallest absolute Gasteiger partial charge is 0.283 e. The van der Waals surface area contributed by atoms with Gasteiger partial charge in [-0.15, -0.1) is 11.3 Å². The number of alkyl halides is 2. The third-order valence-electron chi connectivity index (χ3n) is 5.10. The Balaban J connectivity index is 1.53. The van der Waals surface area contributed by atoms with Crippen LogP contribution in [0.25, 0.3) is 0 Å².